The molecule has 0 aliphatic carbocycles. The van der Waals surface area contributed by atoms with Crippen molar-refractivity contribution in [3.63, 3.8) is 0 Å². The summed E-state index contributed by atoms with van der Waals surface area (Å²) in [6, 6.07) is 15.7. The van der Waals surface area contributed by atoms with E-state index in [9.17, 15) is 4.79 Å². The Morgan fingerprint density at radius 2 is 1.88 bits per heavy atom. The molecule has 0 fully saturated rings. The van der Waals surface area contributed by atoms with Gasteiger partial charge in [-0.2, -0.15) is 0 Å². The first-order valence-electron chi connectivity index (χ1n) is 8.27. The Bertz CT molecular complexity index is 673. The number of rotatable bonds is 9. The summed E-state index contributed by atoms with van der Waals surface area (Å²) < 4.78 is 10.9. The molecule has 2 aromatic carbocycles. The lowest BCUT2D eigenvalue weighted by atomic mass is 10.2. The van der Waals surface area contributed by atoms with Crippen LogP contribution in [0.15, 0.2) is 48.5 Å². The van der Waals surface area contributed by atoms with Crippen LogP contribution in [-0.2, 0) is 10.5 Å². The van der Waals surface area contributed by atoms with E-state index in [0.29, 0.717) is 12.4 Å². The second-order valence-corrected chi connectivity index (χ2v) is 6.87. The summed E-state index contributed by atoms with van der Waals surface area (Å²) in [5, 5.41) is 2.97. The lowest BCUT2D eigenvalue weighted by Crippen LogP contribution is -2.37. The van der Waals surface area contributed by atoms with Crippen molar-refractivity contribution < 1.29 is 14.3 Å². The Labute approximate surface area is 153 Å². The van der Waals surface area contributed by atoms with Gasteiger partial charge in [-0.3, -0.25) is 4.79 Å². The lowest BCUT2D eigenvalue weighted by Gasteiger charge is -2.16. The van der Waals surface area contributed by atoms with Crippen LogP contribution in [0.4, 0.5) is 0 Å². The largest absolute Gasteiger partial charge is 0.497 e. The minimum Gasteiger partial charge on any atom is -0.497 e. The number of aryl methyl sites for hydroxylation is 1. The highest BCUT2D eigenvalue weighted by molar-refractivity contribution is 7.99. The summed E-state index contributed by atoms with van der Waals surface area (Å²) in [6.07, 6.45) is 0. The summed E-state index contributed by atoms with van der Waals surface area (Å²) in [6.45, 7) is 4.42. The second-order valence-electron chi connectivity index (χ2n) is 5.89. The quantitative estimate of drug-likeness (QED) is 0.739. The molecule has 0 aromatic heterocycles. The topological polar surface area (TPSA) is 47.6 Å². The standard InChI is InChI=1S/C20H25NO3S/c1-15-6-4-5-7-19(15)24-12-16(2)21-20(22)14-25-13-17-8-10-18(23-3)11-9-17/h4-11,16H,12-14H2,1-3H3,(H,21,22). The number of hydrogen-bond donors (Lipinski definition) is 1. The predicted octanol–water partition coefficient (Wildman–Crippen LogP) is 3.82. The maximum Gasteiger partial charge on any atom is 0.230 e. The maximum absolute atomic E-state index is 12.0. The highest BCUT2D eigenvalue weighted by atomic mass is 32.2. The van der Waals surface area contributed by atoms with Gasteiger partial charge in [-0.05, 0) is 43.2 Å². The third-order valence-electron chi connectivity index (χ3n) is 3.65. The van der Waals surface area contributed by atoms with Crippen molar-refractivity contribution in [2.24, 2.45) is 0 Å². The first-order chi connectivity index (χ1) is 12.1. The van der Waals surface area contributed by atoms with E-state index >= 15 is 0 Å². The zero-order valence-corrected chi connectivity index (χ0v) is 15.8. The van der Waals surface area contributed by atoms with Gasteiger partial charge in [-0.1, -0.05) is 30.3 Å². The summed E-state index contributed by atoms with van der Waals surface area (Å²) in [4.78, 5) is 12.0. The normalized spacial score (nSPS) is 11.6. The Morgan fingerprint density at radius 3 is 2.56 bits per heavy atom. The molecule has 5 heteroatoms. The van der Waals surface area contributed by atoms with Gasteiger partial charge >= 0.3 is 0 Å². The number of thioether (sulfide) groups is 1. The molecule has 1 atom stereocenters. The zero-order valence-electron chi connectivity index (χ0n) is 15.0. The fourth-order valence-corrected chi connectivity index (χ4v) is 3.07. The molecule has 2 rings (SSSR count). The molecule has 134 valence electrons. The van der Waals surface area contributed by atoms with Gasteiger partial charge in [0.05, 0.1) is 18.9 Å². The van der Waals surface area contributed by atoms with E-state index in [2.05, 4.69) is 5.32 Å². The van der Waals surface area contributed by atoms with Crippen molar-refractivity contribution in [1.82, 2.24) is 5.32 Å². The van der Waals surface area contributed by atoms with E-state index < -0.39 is 0 Å². The molecule has 0 aliphatic rings. The minimum atomic E-state index is -0.0336. The van der Waals surface area contributed by atoms with Crippen molar-refractivity contribution in [2.45, 2.75) is 25.6 Å². The number of carbonyl (C=O) groups is 1. The molecule has 0 aliphatic heterocycles. The number of benzene rings is 2. The predicted molar refractivity (Wildman–Crippen MR) is 103 cm³/mol. The Morgan fingerprint density at radius 1 is 1.16 bits per heavy atom. The Hall–Kier alpha value is -2.14. The average molecular weight is 359 g/mol. The van der Waals surface area contributed by atoms with E-state index in [-0.39, 0.29) is 11.9 Å². The highest BCUT2D eigenvalue weighted by Gasteiger charge is 2.09. The number of para-hydroxylation sites is 1. The highest BCUT2D eigenvalue weighted by Crippen LogP contribution is 2.17. The van der Waals surface area contributed by atoms with Gasteiger partial charge in [-0.15, -0.1) is 11.8 Å². The lowest BCUT2D eigenvalue weighted by molar-refractivity contribution is -0.119. The first-order valence-corrected chi connectivity index (χ1v) is 9.42. The van der Waals surface area contributed by atoms with Crippen LogP contribution in [0.25, 0.3) is 0 Å². The average Bonchev–Trinajstić information content (AvgIpc) is 2.61. The van der Waals surface area contributed by atoms with Crippen LogP contribution in [-0.4, -0.2) is 31.4 Å². The molecular formula is C20H25NO3S. The van der Waals surface area contributed by atoms with Crippen molar-refractivity contribution in [3.8, 4) is 11.5 Å². The summed E-state index contributed by atoms with van der Waals surface area (Å²) in [7, 11) is 1.65. The molecule has 0 bridgehead atoms. The molecule has 1 N–H and O–H groups in total. The number of hydrogen-bond acceptors (Lipinski definition) is 4. The Balaban J connectivity index is 1.66. The van der Waals surface area contributed by atoms with E-state index in [1.165, 1.54) is 5.56 Å². The van der Waals surface area contributed by atoms with E-state index in [0.717, 1.165) is 22.8 Å². The second kappa shape index (κ2) is 9.99. The molecule has 0 spiro atoms. The van der Waals surface area contributed by atoms with Gasteiger partial charge in [-0.25, -0.2) is 0 Å². The number of nitrogens with one attached hydrogen (secondary N) is 1. The van der Waals surface area contributed by atoms with Gasteiger partial charge in [0.25, 0.3) is 0 Å². The van der Waals surface area contributed by atoms with E-state index in [1.807, 2.05) is 62.4 Å². The summed E-state index contributed by atoms with van der Waals surface area (Å²) in [5.41, 5.74) is 2.27. The van der Waals surface area contributed by atoms with Crippen LogP contribution in [0.1, 0.15) is 18.1 Å². The number of ether oxygens (including phenoxy) is 2. The number of methoxy groups -OCH3 is 1. The van der Waals surface area contributed by atoms with Crippen LogP contribution >= 0.6 is 11.8 Å². The summed E-state index contributed by atoms with van der Waals surface area (Å²) in [5.74, 6) is 2.96. The van der Waals surface area contributed by atoms with Gasteiger partial charge in [0.2, 0.25) is 5.91 Å². The van der Waals surface area contributed by atoms with Crippen LogP contribution in [0.5, 0.6) is 11.5 Å². The molecule has 0 saturated heterocycles. The fraction of sp³-hybridized carbons (Fsp3) is 0.350. The van der Waals surface area contributed by atoms with Gasteiger partial charge in [0.15, 0.2) is 0 Å². The molecule has 1 amide bonds. The van der Waals surface area contributed by atoms with Gasteiger partial charge < -0.3 is 14.8 Å². The molecule has 25 heavy (non-hydrogen) atoms. The molecule has 0 saturated carbocycles. The van der Waals surface area contributed by atoms with Crippen molar-refractivity contribution in [2.75, 3.05) is 19.5 Å². The molecule has 0 heterocycles. The Kier molecular flexibility index (Phi) is 7.67. The summed E-state index contributed by atoms with van der Waals surface area (Å²) >= 11 is 1.59. The van der Waals surface area contributed by atoms with E-state index in [1.54, 1.807) is 18.9 Å². The monoisotopic (exact) mass is 359 g/mol. The van der Waals surface area contributed by atoms with Gasteiger partial charge in [0, 0.05) is 5.75 Å². The molecular weight excluding hydrogens is 334 g/mol. The van der Waals surface area contributed by atoms with Crippen molar-refractivity contribution in [3.05, 3.63) is 59.7 Å². The third-order valence-corrected chi connectivity index (χ3v) is 4.65. The van der Waals surface area contributed by atoms with Crippen molar-refractivity contribution in [1.29, 1.82) is 0 Å². The number of carbonyl (C=O) groups excluding carboxylic acids is 1. The van der Waals surface area contributed by atoms with Crippen LogP contribution in [0.3, 0.4) is 0 Å². The first kappa shape index (κ1) is 19.2. The van der Waals surface area contributed by atoms with Crippen LogP contribution in [0.2, 0.25) is 0 Å². The number of amides is 1. The molecule has 4 nitrogen and oxygen atoms in total. The molecule has 0 radical (unpaired) electrons. The maximum atomic E-state index is 12.0. The van der Waals surface area contributed by atoms with Crippen molar-refractivity contribution >= 4 is 17.7 Å². The van der Waals surface area contributed by atoms with Crippen LogP contribution < -0.4 is 14.8 Å². The zero-order chi connectivity index (χ0) is 18.1. The third kappa shape index (κ3) is 6.70. The minimum absolute atomic E-state index is 0.0272. The molecule has 1 unspecified atom stereocenters. The van der Waals surface area contributed by atoms with E-state index in [4.69, 9.17) is 9.47 Å². The smallest absolute Gasteiger partial charge is 0.230 e. The van der Waals surface area contributed by atoms with Gasteiger partial charge in [0.1, 0.15) is 18.1 Å². The molecule has 2 aromatic rings. The SMILES string of the molecule is COc1ccc(CSCC(=O)NC(C)COc2ccccc2C)cc1. The fourth-order valence-electron chi connectivity index (χ4n) is 2.27. The van der Waals surface area contributed by atoms with Crippen LogP contribution in [0, 0.1) is 6.92 Å².